The number of ketones is 1. The van der Waals surface area contributed by atoms with Crippen molar-refractivity contribution in [3.05, 3.63) is 60.6 Å². The number of rotatable bonds is 4. The van der Waals surface area contributed by atoms with Crippen molar-refractivity contribution in [2.45, 2.75) is 37.1 Å². The number of ether oxygens (including phenoxy) is 2. The molecule has 1 aromatic heterocycles. The van der Waals surface area contributed by atoms with Crippen LogP contribution >= 0.6 is 0 Å². The van der Waals surface area contributed by atoms with Gasteiger partial charge in [0.2, 0.25) is 11.8 Å². The monoisotopic (exact) mass is 448 g/mol. The van der Waals surface area contributed by atoms with Crippen LogP contribution in [0, 0.1) is 17.8 Å². The summed E-state index contributed by atoms with van der Waals surface area (Å²) in [5.41, 5.74) is -0.418. The minimum atomic E-state index is -1.00. The maximum Gasteiger partial charge on any atom is 0.231 e. The predicted octanol–water partition coefficient (Wildman–Crippen LogP) is 2.73. The largest absolute Gasteiger partial charge is 0.497 e. The van der Waals surface area contributed by atoms with Crippen LogP contribution in [-0.2, 0) is 19.1 Å². The third kappa shape index (κ3) is 2.70. The minimum absolute atomic E-state index is 0.0604. The van der Waals surface area contributed by atoms with Crippen LogP contribution in [0.5, 0.6) is 5.75 Å². The summed E-state index contributed by atoms with van der Waals surface area (Å²) >= 11 is 0. The molecule has 0 aliphatic carbocycles. The van der Waals surface area contributed by atoms with Gasteiger partial charge in [0.25, 0.3) is 0 Å². The summed E-state index contributed by atoms with van der Waals surface area (Å²) in [7, 11) is 1.56. The molecule has 8 nitrogen and oxygen atoms in total. The van der Waals surface area contributed by atoms with Crippen molar-refractivity contribution in [2.75, 3.05) is 12.4 Å². The summed E-state index contributed by atoms with van der Waals surface area (Å²) in [5, 5.41) is 2.92. The molecule has 2 bridgehead atoms. The number of furan rings is 1. The van der Waals surface area contributed by atoms with Crippen LogP contribution in [0.15, 0.2) is 59.2 Å². The van der Waals surface area contributed by atoms with Crippen molar-refractivity contribution in [3.63, 3.8) is 0 Å². The van der Waals surface area contributed by atoms with Crippen LogP contribution in [0.2, 0.25) is 0 Å². The van der Waals surface area contributed by atoms with E-state index in [0.717, 1.165) is 0 Å². The molecular formula is C25H24N2O6. The summed E-state index contributed by atoms with van der Waals surface area (Å²) in [5.74, 6) is -1.01. The molecule has 3 fully saturated rings. The Bertz CT molecular complexity index is 1170. The topological polar surface area (TPSA) is 98.1 Å². The van der Waals surface area contributed by atoms with E-state index in [1.165, 1.54) is 0 Å². The molecule has 0 saturated carbocycles. The Kier molecular flexibility index (Phi) is 4.32. The molecule has 0 unspecified atom stereocenters. The van der Waals surface area contributed by atoms with E-state index in [0.29, 0.717) is 17.2 Å². The Morgan fingerprint density at radius 3 is 2.85 bits per heavy atom. The Morgan fingerprint density at radius 2 is 2.09 bits per heavy atom. The molecule has 1 N–H and O–H groups in total. The highest BCUT2D eigenvalue weighted by atomic mass is 16.5. The van der Waals surface area contributed by atoms with Crippen LogP contribution in [0.25, 0.3) is 0 Å². The van der Waals surface area contributed by atoms with Crippen molar-refractivity contribution in [1.29, 1.82) is 0 Å². The number of nitrogens with one attached hydrogen (secondary N) is 1. The number of carbonyl (C=O) groups excluding carboxylic acids is 3. The maximum atomic E-state index is 13.9. The smallest absolute Gasteiger partial charge is 0.231 e. The van der Waals surface area contributed by atoms with E-state index in [-0.39, 0.29) is 24.0 Å². The van der Waals surface area contributed by atoms with E-state index >= 15 is 0 Å². The molecule has 2 aromatic rings. The zero-order valence-electron chi connectivity index (χ0n) is 18.3. The number of benzene rings is 1. The number of anilines is 1. The van der Waals surface area contributed by atoms with Gasteiger partial charge >= 0.3 is 0 Å². The predicted molar refractivity (Wildman–Crippen MR) is 116 cm³/mol. The minimum Gasteiger partial charge on any atom is -0.497 e. The number of fused-ring (bicyclic) bond motifs is 2. The first-order valence-corrected chi connectivity index (χ1v) is 11.1. The first-order chi connectivity index (χ1) is 15.9. The third-order valence-electron chi connectivity index (χ3n) is 7.59. The second kappa shape index (κ2) is 7.05. The SMILES string of the molecule is COc1cccc(NC(=O)[C@@H]2[C@@H]3C=C[C@]4(O3)[C@@H]2C(=O)N2[C@H]4[C@@H](C)C(=O)C[C@H]2c2ccco2)c1. The average Bonchev–Trinajstić information content (AvgIpc) is 3.58. The van der Waals surface area contributed by atoms with Gasteiger partial charge < -0.3 is 24.1 Å². The molecular weight excluding hydrogens is 424 g/mol. The Labute approximate surface area is 190 Å². The van der Waals surface area contributed by atoms with Crippen LogP contribution in [0.1, 0.15) is 25.1 Å². The number of carbonyl (C=O) groups is 3. The zero-order chi connectivity index (χ0) is 22.9. The summed E-state index contributed by atoms with van der Waals surface area (Å²) < 4.78 is 17.2. The van der Waals surface area contributed by atoms with Crippen LogP contribution in [0.3, 0.4) is 0 Å². The standard InChI is InChI=1S/C25H24N2O6/c1-13-17(28)12-16(18-7-4-10-32-18)27-22(13)25-9-8-19(33-25)20(21(25)24(27)30)23(29)26-14-5-3-6-15(11-14)31-2/h3-11,13,16,19-22H,12H2,1-2H3,(H,26,29)/t13-,16-,19-,20+,21-,22-,25-/m0/s1. The van der Waals surface area contributed by atoms with Gasteiger partial charge in [-0.25, -0.2) is 0 Å². The first kappa shape index (κ1) is 20.2. The number of amides is 2. The van der Waals surface area contributed by atoms with E-state index in [1.54, 1.807) is 54.7 Å². The lowest BCUT2D eigenvalue weighted by Gasteiger charge is -2.43. The zero-order valence-corrected chi connectivity index (χ0v) is 18.3. The van der Waals surface area contributed by atoms with Gasteiger partial charge in [-0.3, -0.25) is 14.4 Å². The van der Waals surface area contributed by atoms with Crippen molar-refractivity contribution < 1.29 is 28.3 Å². The molecule has 7 atom stereocenters. The number of Topliss-reactive ketones (excluding diaryl/α,β-unsaturated/α-hetero) is 1. The molecule has 5 heterocycles. The van der Waals surface area contributed by atoms with E-state index in [4.69, 9.17) is 13.9 Å². The number of methoxy groups -OCH3 is 1. The second-order valence-corrected chi connectivity index (χ2v) is 9.20. The average molecular weight is 448 g/mol. The van der Waals surface area contributed by atoms with Gasteiger partial charge in [-0.1, -0.05) is 25.1 Å². The van der Waals surface area contributed by atoms with Gasteiger partial charge in [0.05, 0.1) is 43.4 Å². The summed E-state index contributed by atoms with van der Waals surface area (Å²) in [6, 6.07) is 9.62. The molecule has 1 spiro atoms. The van der Waals surface area contributed by atoms with Crippen LogP contribution in [0.4, 0.5) is 5.69 Å². The fourth-order valence-corrected chi connectivity index (χ4v) is 6.19. The lowest BCUT2D eigenvalue weighted by Crippen LogP contribution is -2.55. The van der Waals surface area contributed by atoms with Gasteiger partial charge in [0.1, 0.15) is 22.9 Å². The molecule has 8 heteroatoms. The van der Waals surface area contributed by atoms with Gasteiger partial charge in [0.15, 0.2) is 0 Å². The van der Waals surface area contributed by atoms with E-state index in [9.17, 15) is 14.4 Å². The molecule has 4 aliphatic rings. The Balaban J connectivity index is 1.37. The maximum absolute atomic E-state index is 13.9. The van der Waals surface area contributed by atoms with E-state index in [1.807, 2.05) is 19.1 Å². The quantitative estimate of drug-likeness (QED) is 0.723. The summed E-state index contributed by atoms with van der Waals surface area (Å²) in [6.07, 6.45) is 4.97. The molecule has 170 valence electrons. The van der Waals surface area contributed by atoms with E-state index < -0.39 is 41.5 Å². The lowest BCUT2D eigenvalue weighted by atomic mass is 9.70. The fourth-order valence-electron chi connectivity index (χ4n) is 6.19. The Hall–Kier alpha value is -3.39. The molecule has 2 amide bonds. The number of hydrogen-bond donors (Lipinski definition) is 1. The van der Waals surface area contributed by atoms with Crippen molar-refractivity contribution in [3.8, 4) is 5.75 Å². The van der Waals surface area contributed by atoms with Crippen LogP contribution in [-0.4, -0.2) is 47.4 Å². The summed E-state index contributed by atoms with van der Waals surface area (Å²) in [4.78, 5) is 42.0. The highest BCUT2D eigenvalue weighted by molar-refractivity contribution is 6.00. The van der Waals surface area contributed by atoms with Gasteiger partial charge in [0, 0.05) is 24.1 Å². The van der Waals surface area contributed by atoms with Crippen LogP contribution < -0.4 is 10.1 Å². The number of nitrogens with zero attached hydrogens (tertiary/aromatic N) is 1. The highest BCUT2D eigenvalue weighted by Gasteiger charge is 2.74. The van der Waals surface area contributed by atoms with Gasteiger partial charge in [-0.2, -0.15) is 0 Å². The highest BCUT2D eigenvalue weighted by Crippen LogP contribution is 2.60. The van der Waals surface area contributed by atoms with Gasteiger partial charge in [-0.15, -0.1) is 0 Å². The summed E-state index contributed by atoms with van der Waals surface area (Å²) in [6.45, 7) is 1.84. The van der Waals surface area contributed by atoms with Crippen molar-refractivity contribution in [1.82, 2.24) is 4.90 Å². The fraction of sp³-hybridized carbons (Fsp3) is 0.400. The number of hydrogen-bond acceptors (Lipinski definition) is 6. The Morgan fingerprint density at radius 1 is 1.24 bits per heavy atom. The lowest BCUT2D eigenvalue weighted by molar-refractivity contribution is -0.147. The van der Waals surface area contributed by atoms with Gasteiger partial charge in [-0.05, 0) is 24.3 Å². The second-order valence-electron chi connectivity index (χ2n) is 9.20. The molecule has 4 aliphatic heterocycles. The van der Waals surface area contributed by atoms with Crippen molar-refractivity contribution >= 4 is 23.3 Å². The van der Waals surface area contributed by atoms with Crippen molar-refractivity contribution in [2.24, 2.45) is 17.8 Å². The normalized spacial score (nSPS) is 36.1. The molecule has 1 aromatic carbocycles. The molecule has 33 heavy (non-hydrogen) atoms. The third-order valence-corrected chi connectivity index (χ3v) is 7.59. The molecule has 6 rings (SSSR count). The molecule has 0 radical (unpaired) electrons. The first-order valence-electron chi connectivity index (χ1n) is 11.1. The molecule has 3 saturated heterocycles. The van der Waals surface area contributed by atoms with E-state index in [2.05, 4.69) is 5.32 Å². The number of piperidine rings is 1.